The average molecular weight is 119 g/mol. The highest BCUT2D eigenvalue weighted by Gasteiger charge is 2.29. The fourth-order valence-corrected chi connectivity index (χ4v) is 1.33. The maximum atomic E-state index is 10.5. The number of nitrogens with one attached hydrogen (secondary N) is 1. The Bertz CT molecular complexity index is 94.9. The van der Waals surface area contributed by atoms with Gasteiger partial charge in [-0.25, -0.2) is 0 Å². The molecule has 0 saturated carbocycles. The quantitative estimate of drug-likeness (QED) is 0.461. The summed E-state index contributed by atoms with van der Waals surface area (Å²) in [5.41, 5.74) is 0. The monoisotopic (exact) mass is 119 g/mol. The Morgan fingerprint density at radius 3 is 2.71 bits per heavy atom. The average Bonchev–Trinajstić information content (AvgIpc) is 1.91. The molecule has 1 atom stereocenters. The minimum atomic E-state index is -1.19. The van der Waals surface area contributed by atoms with Crippen LogP contribution in [-0.2, 0) is 4.57 Å². The van der Waals surface area contributed by atoms with Gasteiger partial charge >= 0.3 is 8.10 Å². The van der Waals surface area contributed by atoms with Gasteiger partial charge in [0.1, 0.15) is 0 Å². The predicted molar refractivity (Wildman–Crippen MR) is 28.2 cm³/mol. The van der Waals surface area contributed by atoms with Crippen LogP contribution in [0.1, 0.15) is 0 Å². The van der Waals surface area contributed by atoms with Crippen LogP contribution < -0.4 is 5.09 Å². The van der Waals surface area contributed by atoms with E-state index < -0.39 is 8.10 Å². The van der Waals surface area contributed by atoms with Crippen molar-refractivity contribution in [3.63, 3.8) is 0 Å². The van der Waals surface area contributed by atoms with Crippen LogP contribution in [0.15, 0.2) is 0 Å². The molecule has 1 unspecified atom stereocenters. The maximum Gasteiger partial charge on any atom is 0.534 e. The molecule has 0 spiro atoms. The molecular formula is C3H8N2OP+. The number of likely N-dealkylation sites (N-methyl/N-ethyl adjacent to an activating group) is 1. The second-order valence-electron chi connectivity index (χ2n) is 1.56. The molecule has 1 saturated heterocycles. The lowest BCUT2D eigenvalue weighted by molar-refractivity contribution is 0.525. The normalized spacial score (nSPS) is 29.0. The van der Waals surface area contributed by atoms with Crippen molar-refractivity contribution in [2.24, 2.45) is 0 Å². The fraction of sp³-hybridized carbons (Fsp3) is 1.00. The summed E-state index contributed by atoms with van der Waals surface area (Å²) in [6, 6.07) is 0. The summed E-state index contributed by atoms with van der Waals surface area (Å²) in [5.74, 6) is 0. The van der Waals surface area contributed by atoms with E-state index in [-0.39, 0.29) is 0 Å². The molecule has 40 valence electrons. The van der Waals surface area contributed by atoms with Crippen molar-refractivity contribution >= 4 is 8.10 Å². The Labute approximate surface area is 43.6 Å². The molecular weight excluding hydrogens is 111 g/mol. The molecule has 1 heterocycles. The summed E-state index contributed by atoms with van der Waals surface area (Å²) in [7, 11) is 0.653. The van der Waals surface area contributed by atoms with Gasteiger partial charge in [-0.3, -0.25) is 0 Å². The fourth-order valence-electron chi connectivity index (χ4n) is 0.519. The molecule has 0 aliphatic carbocycles. The van der Waals surface area contributed by atoms with Gasteiger partial charge in [-0.15, -0.1) is 0 Å². The molecule has 4 heteroatoms. The van der Waals surface area contributed by atoms with Gasteiger partial charge in [0.2, 0.25) is 0 Å². The largest absolute Gasteiger partial charge is 0.534 e. The number of hydrogen-bond donors (Lipinski definition) is 1. The van der Waals surface area contributed by atoms with Crippen molar-refractivity contribution < 1.29 is 4.57 Å². The van der Waals surface area contributed by atoms with Gasteiger partial charge in [-0.05, 0) is 4.57 Å². The first-order valence-electron chi connectivity index (χ1n) is 2.22. The van der Waals surface area contributed by atoms with Crippen LogP contribution in [0.4, 0.5) is 0 Å². The van der Waals surface area contributed by atoms with Gasteiger partial charge in [-0.2, -0.15) is 0 Å². The summed E-state index contributed by atoms with van der Waals surface area (Å²) < 4.78 is 12.3. The Balaban J connectivity index is 2.48. The van der Waals surface area contributed by atoms with Crippen LogP contribution in [0.2, 0.25) is 0 Å². The molecule has 3 nitrogen and oxygen atoms in total. The van der Waals surface area contributed by atoms with E-state index in [1.165, 1.54) is 0 Å². The molecule has 0 aromatic heterocycles. The van der Waals surface area contributed by atoms with Gasteiger partial charge in [0, 0.05) is 7.05 Å². The van der Waals surface area contributed by atoms with Crippen molar-refractivity contribution in [2.75, 3.05) is 20.1 Å². The summed E-state index contributed by atoms with van der Waals surface area (Å²) in [4.78, 5) is 0. The Morgan fingerprint density at radius 2 is 2.57 bits per heavy atom. The van der Waals surface area contributed by atoms with Crippen molar-refractivity contribution in [1.29, 1.82) is 0 Å². The summed E-state index contributed by atoms with van der Waals surface area (Å²) >= 11 is 0. The van der Waals surface area contributed by atoms with E-state index in [9.17, 15) is 4.57 Å². The molecule has 0 aromatic carbocycles. The van der Waals surface area contributed by atoms with Crippen LogP contribution in [0.5, 0.6) is 0 Å². The zero-order valence-corrected chi connectivity index (χ0v) is 5.11. The minimum Gasteiger partial charge on any atom is -0.0898 e. The molecule has 0 bridgehead atoms. The second kappa shape index (κ2) is 1.86. The Hall–Kier alpha value is 0.0200. The van der Waals surface area contributed by atoms with Gasteiger partial charge < -0.3 is 0 Å². The van der Waals surface area contributed by atoms with Crippen molar-refractivity contribution in [2.45, 2.75) is 0 Å². The first-order valence-corrected chi connectivity index (χ1v) is 3.44. The molecule has 1 fully saturated rings. The van der Waals surface area contributed by atoms with Crippen LogP contribution in [0.3, 0.4) is 0 Å². The zero-order valence-electron chi connectivity index (χ0n) is 4.22. The summed E-state index contributed by atoms with van der Waals surface area (Å²) in [5, 5.41) is 2.80. The molecule has 1 N–H and O–H groups in total. The molecule has 1 rings (SSSR count). The van der Waals surface area contributed by atoms with Gasteiger partial charge in [0.05, 0.1) is 13.1 Å². The van der Waals surface area contributed by atoms with E-state index in [1.54, 1.807) is 4.67 Å². The lowest BCUT2D eigenvalue weighted by Gasteiger charge is -1.84. The van der Waals surface area contributed by atoms with E-state index in [0.717, 1.165) is 13.1 Å². The zero-order chi connectivity index (χ0) is 5.28. The van der Waals surface area contributed by atoms with Gasteiger partial charge in [-0.1, -0.05) is 9.76 Å². The van der Waals surface area contributed by atoms with Crippen LogP contribution in [-0.4, -0.2) is 24.8 Å². The van der Waals surface area contributed by atoms with E-state index in [0.29, 0.717) is 0 Å². The number of nitrogens with zero attached hydrogens (tertiary/aromatic N) is 1. The first-order chi connectivity index (χ1) is 3.30. The van der Waals surface area contributed by atoms with E-state index in [1.807, 2.05) is 7.05 Å². The predicted octanol–water partition coefficient (Wildman–Crippen LogP) is 0.179. The molecule has 0 radical (unpaired) electrons. The first kappa shape index (κ1) is 5.16. The van der Waals surface area contributed by atoms with Crippen LogP contribution in [0.25, 0.3) is 0 Å². The summed E-state index contributed by atoms with van der Waals surface area (Å²) in [6.45, 7) is 1.78. The number of rotatable bonds is 0. The summed E-state index contributed by atoms with van der Waals surface area (Å²) in [6.07, 6.45) is 0. The third kappa shape index (κ3) is 0.969. The Morgan fingerprint density at radius 1 is 1.86 bits per heavy atom. The van der Waals surface area contributed by atoms with Crippen molar-refractivity contribution in [1.82, 2.24) is 9.76 Å². The molecule has 1 aliphatic heterocycles. The standard InChI is InChI=1S/C3H8N2OP/c1-5-3-2-4-7(5)6/h2-3H2,1H3,(H,4,6)/q+1. The number of hydrogen-bond acceptors (Lipinski definition) is 1. The molecule has 0 amide bonds. The van der Waals surface area contributed by atoms with Gasteiger partial charge in [0.15, 0.2) is 0 Å². The lowest BCUT2D eigenvalue weighted by Crippen LogP contribution is -2.03. The third-order valence-electron chi connectivity index (χ3n) is 0.993. The molecule has 1 aliphatic rings. The highest BCUT2D eigenvalue weighted by Crippen LogP contribution is 2.22. The highest BCUT2D eigenvalue weighted by atomic mass is 31.1. The van der Waals surface area contributed by atoms with E-state index in [4.69, 9.17) is 0 Å². The lowest BCUT2D eigenvalue weighted by atomic mass is 10.7. The third-order valence-corrected chi connectivity index (χ3v) is 2.31. The van der Waals surface area contributed by atoms with Crippen molar-refractivity contribution in [3.05, 3.63) is 0 Å². The van der Waals surface area contributed by atoms with Gasteiger partial charge in [0.25, 0.3) is 0 Å². The molecule has 7 heavy (non-hydrogen) atoms. The second-order valence-corrected chi connectivity index (χ2v) is 3.11. The molecule has 0 aromatic rings. The van der Waals surface area contributed by atoms with Crippen molar-refractivity contribution in [3.8, 4) is 0 Å². The topological polar surface area (TPSA) is 32.3 Å². The smallest absolute Gasteiger partial charge is 0.0898 e. The maximum absolute atomic E-state index is 10.5. The SMILES string of the molecule is CN1CCN[P+]1=O. The highest BCUT2D eigenvalue weighted by molar-refractivity contribution is 7.39. The van der Waals surface area contributed by atoms with E-state index in [2.05, 4.69) is 5.09 Å². The Kier molecular flexibility index (Phi) is 1.38. The van der Waals surface area contributed by atoms with Crippen LogP contribution in [0, 0.1) is 0 Å². The van der Waals surface area contributed by atoms with Crippen LogP contribution >= 0.6 is 8.10 Å². The van der Waals surface area contributed by atoms with E-state index >= 15 is 0 Å². The minimum absolute atomic E-state index is 0.867.